The number of benzene rings is 3. The molecular weight excluding hydrogens is 605 g/mol. The third-order valence-corrected chi connectivity index (χ3v) is 9.80. The number of aromatic nitrogens is 2. The van der Waals surface area contributed by atoms with Gasteiger partial charge in [0.25, 0.3) is 0 Å². The molecule has 0 fully saturated rings. The molecule has 0 aliphatic rings. The zero-order chi connectivity index (χ0) is 20.0. The van der Waals surface area contributed by atoms with Gasteiger partial charge in [0.05, 0.1) is 0 Å². The SMILES string of the molecule is [CH3][Ge]([CH3])([CH3])[c]1ccc2c(c1)c1cc(-c3[c-]cccc3)ncc1n2-c1ccccc1.[Ir]. The van der Waals surface area contributed by atoms with Crippen molar-refractivity contribution in [2.45, 2.75) is 17.3 Å². The summed E-state index contributed by atoms with van der Waals surface area (Å²) in [5, 5.41) is 2.56. The van der Waals surface area contributed by atoms with Crippen molar-refractivity contribution >= 4 is 39.5 Å². The molecule has 0 spiro atoms. The molecule has 2 heterocycles. The number of rotatable bonds is 3. The first kappa shape index (κ1) is 21.1. The number of nitrogens with zero attached hydrogens (tertiary/aromatic N) is 2. The van der Waals surface area contributed by atoms with Gasteiger partial charge in [-0.05, 0) is 0 Å². The van der Waals surface area contributed by atoms with Crippen LogP contribution in [0, 0.1) is 6.07 Å². The van der Waals surface area contributed by atoms with Gasteiger partial charge in [0.2, 0.25) is 0 Å². The molecule has 151 valence electrons. The summed E-state index contributed by atoms with van der Waals surface area (Å²) in [6, 6.07) is 31.2. The van der Waals surface area contributed by atoms with Crippen LogP contribution in [-0.2, 0) is 20.1 Å². The molecule has 30 heavy (non-hydrogen) atoms. The Bertz CT molecular complexity index is 1320. The van der Waals surface area contributed by atoms with Crippen LogP contribution in [0.3, 0.4) is 0 Å². The van der Waals surface area contributed by atoms with Crippen molar-refractivity contribution in [1.29, 1.82) is 0 Å². The third-order valence-electron chi connectivity index (χ3n) is 5.52. The topological polar surface area (TPSA) is 17.8 Å². The first-order valence-electron chi connectivity index (χ1n) is 9.99. The van der Waals surface area contributed by atoms with Crippen molar-refractivity contribution in [3.05, 3.63) is 91.1 Å². The smallest absolute Gasteiger partial charge is 0 e. The van der Waals surface area contributed by atoms with E-state index in [1.807, 2.05) is 24.4 Å². The van der Waals surface area contributed by atoms with Crippen LogP contribution in [0.15, 0.2) is 85.1 Å². The number of hydrogen-bond acceptors (Lipinski definition) is 1. The molecule has 0 bridgehead atoms. The van der Waals surface area contributed by atoms with E-state index in [4.69, 9.17) is 4.98 Å². The van der Waals surface area contributed by atoms with Crippen molar-refractivity contribution in [2.24, 2.45) is 0 Å². The minimum absolute atomic E-state index is 0. The Hall–Kier alpha value is -2.20. The summed E-state index contributed by atoms with van der Waals surface area (Å²) in [5.41, 5.74) is 5.54. The Balaban J connectivity index is 0.00000218. The first-order chi connectivity index (χ1) is 14.0. The number of para-hydroxylation sites is 1. The van der Waals surface area contributed by atoms with Crippen LogP contribution in [0.4, 0.5) is 0 Å². The predicted molar refractivity (Wildman–Crippen MR) is 126 cm³/mol. The van der Waals surface area contributed by atoms with Gasteiger partial charge in [0.15, 0.2) is 0 Å². The molecule has 2 aromatic heterocycles. The van der Waals surface area contributed by atoms with E-state index in [0.29, 0.717) is 0 Å². The van der Waals surface area contributed by atoms with Gasteiger partial charge in [-0.2, -0.15) is 0 Å². The summed E-state index contributed by atoms with van der Waals surface area (Å²) in [6.07, 6.45) is 2.01. The van der Waals surface area contributed by atoms with Gasteiger partial charge in [-0.3, -0.25) is 0 Å². The van der Waals surface area contributed by atoms with Gasteiger partial charge in [-0.1, -0.05) is 0 Å². The van der Waals surface area contributed by atoms with Gasteiger partial charge in [0.1, 0.15) is 0 Å². The fourth-order valence-corrected chi connectivity index (χ4v) is 6.38. The molecule has 0 N–H and O–H groups in total. The first-order valence-corrected chi connectivity index (χ1v) is 17.3. The van der Waals surface area contributed by atoms with E-state index in [-0.39, 0.29) is 20.1 Å². The molecule has 0 atom stereocenters. The molecule has 0 amide bonds. The fourth-order valence-electron chi connectivity index (χ4n) is 3.94. The van der Waals surface area contributed by atoms with E-state index < -0.39 is 13.3 Å². The molecule has 5 aromatic rings. The standard InChI is InChI=1S/C26H23GeN2.Ir/c1-27(2,3)20-14-15-25-22(16-20)23-17-24(19-10-6-4-7-11-19)28-18-26(23)29(25)21-12-8-5-9-13-21;/h4-10,12-18H,1-3H3;/q-1;. The van der Waals surface area contributed by atoms with Crippen LogP contribution in [0.2, 0.25) is 17.3 Å². The normalized spacial score (nSPS) is 11.6. The molecule has 0 aliphatic heterocycles. The summed E-state index contributed by atoms with van der Waals surface area (Å²) in [6.45, 7) is 0. The van der Waals surface area contributed by atoms with E-state index in [1.165, 1.54) is 26.4 Å². The summed E-state index contributed by atoms with van der Waals surface area (Å²) in [7, 11) is 0. The predicted octanol–water partition coefficient (Wildman–Crippen LogP) is 6.19. The van der Waals surface area contributed by atoms with Crippen LogP contribution in [-0.4, -0.2) is 22.8 Å². The maximum Gasteiger partial charge on any atom is 0 e. The summed E-state index contributed by atoms with van der Waals surface area (Å²) >= 11 is -1.95. The van der Waals surface area contributed by atoms with Crippen LogP contribution in [0.1, 0.15) is 0 Å². The Morgan fingerprint density at radius 3 is 2.23 bits per heavy atom. The molecule has 5 rings (SSSR count). The van der Waals surface area contributed by atoms with Gasteiger partial charge in [0, 0.05) is 20.1 Å². The molecule has 0 saturated heterocycles. The van der Waals surface area contributed by atoms with Crippen molar-refractivity contribution in [3.63, 3.8) is 0 Å². The molecule has 4 heteroatoms. The second kappa shape index (κ2) is 8.15. The minimum atomic E-state index is -1.95. The van der Waals surface area contributed by atoms with E-state index >= 15 is 0 Å². The van der Waals surface area contributed by atoms with Gasteiger partial charge in [-0.25, -0.2) is 0 Å². The number of fused-ring (bicyclic) bond motifs is 3. The summed E-state index contributed by atoms with van der Waals surface area (Å²) in [4.78, 5) is 4.79. The van der Waals surface area contributed by atoms with Gasteiger partial charge >= 0.3 is 174 Å². The van der Waals surface area contributed by atoms with Crippen molar-refractivity contribution in [1.82, 2.24) is 9.55 Å². The van der Waals surface area contributed by atoms with Crippen LogP contribution in [0.25, 0.3) is 38.8 Å². The van der Waals surface area contributed by atoms with Crippen LogP contribution in [0.5, 0.6) is 0 Å². The molecular formula is C26H23GeIrN2-. The molecule has 0 aliphatic carbocycles. The van der Waals surface area contributed by atoms with Crippen molar-refractivity contribution in [3.8, 4) is 16.9 Å². The van der Waals surface area contributed by atoms with Crippen LogP contribution < -0.4 is 4.40 Å². The van der Waals surface area contributed by atoms with Crippen molar-refractivity contribution < 1.29 is 20.1 Å². The Labute approximate surface area is 193 Å². The fraction of sp³-hybridized carbons (Fsp3) is 0.115. The average Bonchev–Trinajstić information content (AvgIpc) is 3.07. The van der Waals surface area contributed by atoms with E-state index in [9.17, 15) is 0 Å². The van der Waals surface area contributed by atoms with Gasteiger partial charge < -0.3 is 0 Å². The quantitative estimate of drug-likeness (QED) is 0.172. The zero-order valence-electron chi connectivity index (χ0n) is 17.3. The third kappa shape index (κ3) is 3.67. The molecule has 0 saturated carbocycles. The largest absolute Gasteiger partial charge is 0 e. The van der Waals surface area contributed by atoms with Gasteiger partial charge in [-0.15, -0.1) is 0 Å². The molecule has 3 aromatic carbocycles. The second-order valence-electron chi connectivity index (χ2n) is 8.52. The Kier molecular flexibility index (Phi) is 5.72. The number of hydrogen-bond donors (Lipinski definition) is 0. The molecule has 0 unspecified atom stereocenters. The zero-order valence-corrected chi connectivity index (χ0v) is 21.8. The van der Waals surface area contributed by atoms with E-state index in [2.05, 4.69) is 88.6 Å². The maximum atomic E-state index is 4.79. The Morgan fingerprint density at radius 1 is 0.800 bits per heavy atom. The monoisotopic (exact) mass is 630 g/mol. The van der Waals surface area contributed by atoms with Crippen LogP contribution >= 0.6 is 0 Å². The van der Waals surface area contributed by atoms with E-state index in [0.717, 1.165) is 16.8 Å². The average molecular weight is 628 g/mol. The maximum absolute atomic E-state index is 4.79. The molecule has 2 nitrogen and oxygen atoms in total. The minimum Gasteiger partial charge on any atom is 0 e. The Morgan fingerprint density at radius 2 is 1.53 bits per heavy atom. The van der Waals surface area contributed by atoms with E-state index in [1.54, 1.807) is 0 Å². The molecule has 1 radical (unpaired) electrons. The summed E-state index contributed by atoms with van der Waals surface area (Å²) < 4.78 is 3.85. The summed E-state index contributed by atoms with van der Waals surface area (Å²) in [5.74, 6) is 7.34. The number of pyridine rings is 1. The second-order valence-corrected chi connectivity index (χ2v) is 19.2. The van der Waals surface area contributed by atoms with Crippen molar-refractivity contribution in [2.75, 3.05) is 0 Å².